The summed E-state index contributed by atoms with van der Waals surface area (Å²) in [5, 5.41) is 5.22. The summed E-state index contributed by atoms with van der Waals surface area (Å²) < 4.78 is 5.21. The molecule has 0 fully saturated rings. The van der Waals surface area contributed by atoms with Crippen molar-refractivity contribution in [3.05, 3.63) is 66.5 Å². The van der Waals surface area contributed by atoms with E-state index in [2.05, 4.69) is 15.3 Å². The van der Waals surface area contributed by atoms with E-state index in [1.165, 1.54) is 0 Å². The normalized spacial score (nSPS) is 10.4. The number of methoxy groups -OCH3 is 1. The number of carbonyl (C=O) groups excluding carboxylic acids is 1. The minimum atomic E-state index is -0.00931. The van der Waals surface area contributed by atoms with Gasteiger partial charge in [0.1, 0.15) is 5.75 Å². The van der Waals surface area contributed by atoms with Crippen molar-refractivity contribution >= 4 is 33.4 Å². The van der Waals surface area contributed by atoms with Gasteiger partial charge >= 0.3 is 0 Å². The molecule has 144 valence electrons. The monoisotopic (exact) mass is 375 g/mol. The second-order valence-electron chi connectivity index (χ2n) is 6.21. The van der Waals surface area contributed by atoms with Crippen LogP contribution in [-0.2, 0) is 11.2 Å². The Bertz CT molecular complexity index is 1090. The van der Waals surface area contributed by atoms with Crippen molar-refractivity contribution in [2.24, 2.45) is 0 Å². The lowest BCUT2D eigenvalue weighted by Gasteiger charge is -2.07. The average molecular weight is 375 g/mol. The van der Waals surface area contributed by atoms with Crippen LogP contribution in [0.15, 0.2) is 60.9 Å². The molecule has 0 atom stereocenters. The van der Waals surface area contributed by atoms with E-state index in [-0.39, 0.29) is 5.91 Å². The molecule has 28 heavy (non-hydrogen) atoms. The molecule has 0 saturated heterocycles. The number of aromatic amines is 1. The Kier molecular flexibility index (Phi) is 6.27. The maximum Gasteiger partial charge on any atom is 0.224 e. The third-order valence-electron chi connectivity index (χ3n) is 4.46. The number of hydrogen-bond donors (Lipinski definition) is 2. The smallest absolute Gasteiger partial charge is 0.224 e. The molecular formula is C23H25N3O2. The molecule has 2 N–H and O–H groups in total. The predicted molar refractivity (Wildman–Crippen MR) is 115 cm³/mol. The molecule has 0 saturated carbocycles. The summed E-state index contributed by atoms with van der Waals surface area (Å²) in [6.45, 7) is 4.00. The second-order valence-corrected chi connectivity index (χ2v) is 6.21. The summed E-state index contributed by atoms with van der Waals surface area (Å²) in [5.74, 6) is 0.798. The first-order valence-corrected chi connectivity index (χ1v) is 9.51. The van der Waals surface area contributed by atoms with Gasteiger partial charge in [0, 0.05) is 34.6 Å². The summed E-state index contributed by atoms with van der Waals surface area (Å²) in [7, 11) is 1.64. The highest BCUT2D eigenvalue weighted by molar-refractivity contribution is 6.08. The maximum atomic E-state index is 12.3. The molecule has 5 nitrogen and oxygen atoms in total. The highest BCUT2D eigenvalue weighted by atomic mass is 16.5. The molecule has 0 aliphatic rings. The number of anilines is 1. The van der Waals surface area contributed by atoms with Crippen LogP contribution in [-0.4, -0.2) is 23.0 Å². The quantitative estimate of drug-likeness (QED) is 0.496. The van der Waals surface area contributed by atoms with Crippen molar-refractivity contribution in [1.82, 2.24) is 9.97 Å². The lowest BCUT2D eigenvalue weighted by Crippen LogP contribution is -2.12. The number of fused-ring (bicyclic) bond motifs is 3. The summed E-state index contributed by atoms with van der Waals surface area (Å²) in [5.41, 5.74) is 3.84. The van der Waals surface area contributed by atoms with Gasteiger partial charge in [-0.15, -0.1) is 0 Å². The predicted octanol–water partition coefficient (Wildman–Crippen LogP) is 5.32. The number of nitrogens with one attached hydrogen (secondary N) is 2. The fraction of sp³-hybridized carbons (Fsp3) is 0.217. The van der Waals surface area contributed by atoms with Gasteiger partial charge in [-0.3, -0.25) is 9.78 Å². The highest BCUT2D eigenvalue weighted by Gasteiger charge is 2.07. The van der Waals surface area contributed by atoms with Crippen LogP contribution in [0.2, 0.25) is 0 Å². The van der Waals surface area contributed by atoms with Crippen LogP contribution in [0.4, 0.5) is 5.69 Å². The number of benzene rings is 2. The zero-order valence-corrected chi connectivity index (χ0v) is 16.5. The lowest BCUT2D eigenvalue weighted by atomic mass is 10.1. The SMILES string of the molecule is CC.COc1cccc(CCC(=O)Nc2ccc3c(c2)[nH]c2cnccc23)c1. The topological polar surface area (TPSA) is 67.0 Å². The van der Waals surface area contributed by atoms with Gasteiger partial charge in [-0.05, 0) is 42.3 Å². The van der Waals surface area contributed by atoms with Crippen LogP contribution in [0.3, 0.4) is 0 Å². The first-order chi connectivity index (χ1) is 13.7. The van der Waals surface area contributed by atoms with Crippen LogP contribution in [0.25, 0.3) is 21.8 Å². The fourth-order valence-corrected chi connectivity index (χ4v) is 3.14. The van der Waals surface area contributed by atoms with Gasteiger partial charge in [0.2, 0.25) is 5.91 Å². The van der Waals surface area contributed by atoms with Gasteiger partial charge in [0.05, 0.1) is 18.8 Å². The molecule has 4 rings (SSSR count). The van der Waals surface area contributed by atoms with Crippen LogP contribution < -0.4 is 10.1 Å². The Hall–Kier alpha value is -3.34. The van der Waals surface area contributed by atoms with Crippen LogP contribution in [0.5, 0.6) is 5.75 Å². The number of aromatic nitrogens is 2. The van der Waals surface area contributed by atoms with Crippen LogP contribution in [0.1, 0.15) is 25.8 Å². The Morgan fingerprint density at radius 1 is 1.07 bits per heavy atom. The third kappa shape index (κ3) is 4.31. The molecular weight excluding hydrogens is 350 g/mol. The van der Waals surface area contributed by atoms with Gasteiger partial charge < -0.3 is 15.0 Å². The molecule has 0 aliphatic carbocycles. The lowest BCUT2D eigenvalue weighted by molar-refractivity contribution is -0.116. The number of H-pyrrole nitrogens is 1. The van der Waals surface area contributed by atoms with Gasteiger partial charge in [-0.25, -0.2) is 0 Å². The fourth-order valence-electron chi connectivity index (χ4n) is 3.14. The van der Waals surface area contributed by atoms with Gasteiger partial charge in [-0.1, -0.05) is 32.0 Å². The van der Waals surface area contributed by atoms with Crippen molar-refractivity contribution in [3.8, 4) is 5.75 Å². The molecule has 0 aliphatic heterocycles. The molecule has 1 amide bonds. The van der Waals surface area contributed by atoms with E-state index in [1.54, 1.807) is 13.3 Å². The Balaban J connectivity index is 0.00000109. The van der Waals surface area contributed by atoms with E-state index < -0.39 is 0 Å². The molecule has 0 unspecified atom stereocenters. The van der Waals surface area contributed by atoms with Crippen molar-refractivity contribution in [2.45, 2.75) is 26.7 Å². The van der Waals surface area contributed by atoms with Crippen LogP contribution >= 0.6 is 0 Å². The van der Waals surface area contributed by atoms with E-state index in [0.29, 0.717) is 12.8 Å². The minimum absolute atomic E-state index is 0.00931. The average Bonchev–Trinajstić information content (AvgIpc) is 3.11. The molecule has 2 heterocycles. The van der Waals surface area contributed by atoms with E-state index in [1.807, 2.05) is 68.6 Å². The molecule has 0 radical (unpaired) electrons. The summed E-state index contributed by atoms with van der Waals surface area (Å²) in [4.78, 5) is 19.8. The zero-order valence-electron chi connectivity index (χ0n) is 16.5. The number of pyridine rings is 1. The zero-order chi connectivity index (χ0) is 19.9. The van der Waals surface area contributed by atoms with Crippen molar-refractivity contribution < 1.29 is 9.53 Å². The largest absolute Gasteiger partial charge is 0.497 e. The van der Waals surface area contributed by atoms with Gasteiger partial charge in [-0.2, -0.15) is 0 Å². The standard InChI is InChI=1S/C21H19N3O2.C2H6/c1-26-16-4-2-3-14(11-16)5-8-21(25)23-15-6-7-17-18-9-10-22-13-20(18)24-19(17)12-15;1-2/h2-4,6-7,9-13,24H,5,8H2,1H3,(H,23,25);1-2H3. The maximum absolute atomic E-state index is 12.3. The summed E-state index contributed by atoms with van der Waals surface area (Å²) in [6.07, 6.45) is 4.68. The molecule has 2 aromatic heterocycles. The Morgan fingerprint density at radius 2 is 1.89 bits per heavy atom. The molecule has 4 aromatic rings. The Morgan fingerprint density at radius 3 is 2.71 bits per heavy atom. The molecule has 0 bridgehead atoms. The van der Waals surface area contributed by atoms with Gasteiger partial charge in [0.15, 0.2) is 0 Å². The van der Waals surface area contributed by atoms with Crippen molar-refractivity contribution in [3.63, 3.8) is 0 Å². The number of carbonyl (C=O) groups is 1. The molecule has 2 aromatic carbocycles. The Labute approximate surface area is 164 Å². The van der Waals surface area contributed by atoms with E-state index in [0.717, 1.165) is 38.8 Å². The van der Waals surface area contributed by atoms with E-state index in [4.69, 9.17) is 4.74 Å². The third-order valence-corrected chi connectivity index (χ3v) is 4.46. The number of aryl methyl sites for hydroxylation is 1. The summed E-state index contributed by atoms with van der Waals surface area (Å²) in [6, 6.07) is 15.7. The summed E-state index contributed by atoms with van der Waals surface area (Å²) >= 11 is 0. The highest BCUT2D eigenvalue weighted by Crippen LogP contribution is 2.27. The van der Waals surface area contributed by atoms with Crippen molar-refractivity contribution in [2.75, 3.05) is 12.4 Å². The first kappa shape index (κ1) is 19.4. The van der Waals surface area contributed by atoms with E-state index >= 15 is 0 Å². The first-order valence-electron chi connectivity index (χ1n) is 9.51. The molecule has 5 heteroatoms. The van der Waals surface area contributed by atoms with Gasteiger partial charge in [0.25, 0.3) is 0 Å². The minimum Gasteiger partial charge on any atom is -0.497 e. The number of rotatable bonds is 5. The number of amides is 1. The number of hydrogen-bond acceptors (Lipinski definition) is 3. The van der Waals surface area contributed by atoms with Crippen LogP contribution in [0, 0.1) is 0 Å². The number of nitrogens with zero attached hydrogens (tertiary/aromatic N) is 1. The second kappa shape index (κ2) is 9.04. The van der Waals surface area contributed by atoms with Crippen molar-refractivity contribution in [1.29, 1.82) is 0 Å². The molecule has 0 spiro atoms. The number of ether oxygens (including phenoxy) is 1. The van der Waals surface area contributed by atoms with E-state index in [9.17, 15) is 4.79 Å².